The first-order valence-corrected chi connectivity index (χ1v) is 10.6. The van der Waals surface area contributed by atoms with Crippen molar-refractivity contribution >= 4 is 23.4 Å². The van der Waals surface area contributed by atoms with Crippen LogP contribution in [-0.4, -0.2) is 35.4 Å². The SMILES string of the molecule is CCCn1c(N)c(C(=O)CSc2nnc(C3CC3)n2C2CC2)c(=O)n(C)c1=O. The summed E-state index contributed by atoms with van der Waals surface area (Å²) < 4.78 is 4.40. The van der Waals surface area contributed by atoms with Gasteiger partial charge in [0.25, 0.3) is 5.56 Å². The van der Waals surface area contributed by atoms with E-state index in [0.29, 0.717) is 24.9 Å². The predicted molar refractivity (Wildman–Crippen MR) is 106 cm³/mol. The number of thioether (sulfide) groups is 1. The molecule has 2 aromatic heterocycles. The van der Waals surface area contributed by atoms with Crippen LogP contribution < -0.4 is 17.0 Å². The summed E-state index contributed by atoms with van der Waals surface area (Å²) in [5.41, 5.74) is 4.76. The van der Waals surface area contributed by atoms with Crippen molar-refractivity contribution in [2.45, 2.75) is 62.7 Å². The zero-order valence-electron chi connectivity index (χ0n) is 16.1. The van der Waals surface area contributed by atoms with Crippen LogP contribution in [-0.2, 0) is 13.6 Å². The van der Waals surface area contributed by atoms with E-state index in [-0.39, 0.29) is 17.1 Å². The molecule has 0 unspecified atom stereocenters. The van der Waals surface area contributed by atoms with Crippen LogP contribution in [0.25, 0.3) is 0 Å². The third kappa shape index (κ3) is 3.30. The molecule has 0 radical (unpaired) electrons. The van der Waals surface area contributed by atoms with Gasteiger partial charge in [-0.25, -0.2) is 4.79 Å². The number of carbonyl (C=O) groups excluding carboxylic acids is 1. The molecule has 0 atom stereocenters. The second-order valence-corrected chi connectivity index (χ2v) is 8.43. The number of nitrogen functional groups attached to an aromatic ring is 1. The van der Waals surface area contributed by atoms with E-state index in [1.54, 1.807) is 0 Å². The van der Waals surface area contributed by atoms with Crippen molar-refractivity contribution < 1.29 is 4.79 Å². The number of ketones is 1. The van der Waals surface area contributed by atoms with Gasteiger partial charge in [-0.3, -0.25) is 18.7 Å². The van der Waals surface area contributed by atoms with Crippen LogP contribution in [0.15, 0.2) is 14.7 Å². The number of Topliss-reactive ketones (excluding diaryl/α,β-unsaturated/α-hetero) is 1. The molecule has 0 bridgehead atoms. The van der Waals surface area contributed by atoms with Crippen molar-refractivity contribution in [3.63, 3.8) is 0 Å². The quantitative estimate of drug-likeness (QED) is 0.521. The van der Waals surface area contributed by atoms with Crippen LogP contribution in [0.3, 0.4) is 0 Å². The number of rotatable bonds is 8. The maximum absolute atomic E-state index is 12.8. The molecule has 0 aliphatic heterocycles. The Kier molecular flexibility index (Phi) is 4.90. The smallest absolute Gasteiger partial charge is 0.332 e. The van der Waals surface area contributed by atoms with E-state index in [4.69, 9.17) is 5.73 Å². The first-order valence-electron chi connectivity index (χ1n) is 9.64. The molecule has 2 aliphatic rings. The average molecular weight is 404 g/mol. The molecular formula is C18H24N6O3S. The van der Waals surface area contributed by atoms with Crippen LogP contribution in [0.2, 0.25) is 0 Å². The Hall–Kier alpha value is -2.36. The fraction of sp³-hybridized carbons (Fsp3) is 0.611. The zero-order valence-corrected chi connectivity index (χ0v) is 16.9. The lowest BCUT2D eigenvalue weighted by atomic mass is 10.2. The van der Waals surface area contributed by atoms with E-state index in [9.17, 15) is 14.4 Å². The first kappa shape index (κ1) is 19.0. The number of hydrogen-bond acceptors (Lipinski definition) is 7. The number of hydrogen-bond donors (Lipinski definition) is 1. The fourth-order valence-electron chi connectivity index (χ4n) is 3.37. The highest BCUT2D eigenvalue weighted by Gasteiger charge is 2.36. The number of nitrogens with two attached hydrogens (primary N) is 1. The van der Waals surface area contributed by atoms with Crippen LogP contribution in [0.5, 0.6) is 0 Å². The minimum Gasteiger partial charge on any atom is -0.384 e. The third-order valence-corrected chi connectivity index (χ3v) is 6.13. The summed E-state index contributed by atoms with van der Waals surface area (Å²) in [6.07, 6.45) is 5.16. The lowest BCUT2D eigenvalue weighted by Gasteiger charge is -2.13. The Morgan fingerprint density at radius 2 is 1.93 bits per heavy atom. The number of nitrogens with zero attached hydrogens (tertiary/aromatic N) is 5. The van der Waals surface area contributed by atoms with Gasteiger partial charge in [-0.1, -0.05) is 18.7 Å². The molecule has 2 fully saturated rings. The molecule has 10 heteroatoms. The lowest BCUT2D eigenvalue weighted by Crippen LogP contribution is -2.42. The molecule has 2 N–H and O–H groups in total. The van der Waals surface area contributed by atoms with Crippen molar-refractivity contribution in [3.8, 4) is 0 Å². The van der Waals surface area contributed by atoms with Crippen molar-refractivity contribution in [1.82, 2.24) is 23.9 Å². The van der Waals surface area contributed by atoms with E-state index < -0.39 is 17.0 Å². The molecule has 2 aliphatic carbocycles. The molecule has 0 spiro atoms. The van der Waals surface area contributed by atoms with Gasteiger partial charge in [0, 0.05) is 25.6 Å². The minimum atomic E-state index is -0.650. The summed E-state index contributed by atoms with van der Waals surface area (Å²) in [7, 11) is 1.37. The van der Waals surface area contributed by atoms with Crippen molar-refractivity contribution in [3.05, 3.63) is 32.2 Å². The third-order valence-electron chi connectivity index (χ3n) is 5.19. The van der Waals surface area contributed by atoms with Gasteiger partial charge in [-0.15, -0.1) is 10.2 Å². The molecule has 2 saturated carbocycles. The van der Waals surface area contributed by atoms with Gasteiger partial charge in [-0.05, 0) is 32.1 Å². The van der Waals surface area contributed by atoms with E-state index in [2.05, 4.69) is 14.8 Å². The topological polar surface area (TPSA) is 118 Å². The molecule has 0 saturated heterocycles. The molecular weight excluding hydrogens is 380 g/mol. The zero-order chi connectivity index (χ0) is 20.0. The van der Waals surface area contributed by atoms with E-state index >= 15 is 0 Å². The summed E-state index contributed by atoms with van der Waals surface area (Å²) in [6.45, 7) is 2.25. The summed E-state index contributed by atoms with van der Waals surface area (Å²) >= 11 is 1.28. The van der Waals surface area contributed by atoms with Crippen molar-refractivity contribution in [2.75, 3.05) is 11.5 Å². The Balaban J connectivity index is 1.60. The largest absolute Gasteiger partial charge is 0.384 e. The Morgan fingerprint density at radius 3 is 2.54 bits per heavy atom. The van der Waals surface area contributed by atoms with Gasteiger partial charge in [0.1, 0.15) is 17.2 Å². The van der Waals surface area contributed by atoms with Crippen molar-refractivity contribution in [1.29, 1.82) is 0 Å². The predicted octanol–water partition coefficient (Wildman–Crippen LogP) is 1.32. The highest BCUT2D eigenvalue weighted by molar-refractivity contribution is 7.99. The average Bonchev–Trinajstić information content (AvgIpc) is 3.60. The highest BCUT2D eigenvalue weighted by Crippen LogP contribution is 2.46. The Morgan fingerprint density at radius 1 is 1.21 bits per heavy atom. The normalized spacial score (nSPS) is 16.5. The Labute approximate surface area is 165 Å². The number of aromatic nitrogens is 5. The number of carbonyl (C=O) groups is 1. The minimum absolute atomic E-state index is 0.0271. The van der Waals surface area contributed by atoms with Crippen LogP contribution >= 0.6 is 11.8 Å². The molecule has 2 heterocycles. The molecule has 9 nitrogen and oxygen atoms in total. The van der Waals surface area contributed by atoms with Gasteiger partial charge in [-0.2, -0.15) is 0 Å². The van der Waals surface area contributed by atoms with Gasteiger partial charge in [0.05, 0.1) is 5.75 Å². The first-order chi connectivity index (χ1) is 13.4. The summed E-state index contributed by atoms with van der Waals surface area (Å²) in [6, 6.07) is 0.424. The Bertz CT molecular complexity index is 1040. The second kappa shape index (κ2) is 7.23. The maximum atomic E-state index is 12.8. The van der Waals surface area contributed by atoms with E-state index in [1.165, 1.54) is 23.4 Å². The van der Waals surface area contributed by atoms with Gasteiger partial charge in [0.15, 0.2) is 10.9 Å². The molecule has 150 valence electrons. The second-order valence-electron chi connectivity index (χ2n) is 7.49. The monoisotopic (exact) mass is 404 g/mol. The maximum Gasteiger partial charge on any atom is 0.332 e. The summed E-state index contributed by atoms with van der Waals surface area (Å²) in [5.74, 6) is 1.08. The standard InChI is InChI=1S/C18H24N6O3S/c1-3-8-23-14(19)13(16(26)22(2)18(23)27)12(25)9-28-17-21-20-15(10-4-5-10)24(17)11-6-7-11/h10-11H,3-9,19H2,1-2H3. The van der Waals surface area contributed by atoms with Crippen molar-refractivity contribution in [2.24, 2.45) is 7.05 Å². The molecule has 2 aromatic rings. The van der Waals surface area contributed by atoms with Gasteiger partial charge < -0.3 is 10.3 Å². The number of anilines is 1. The van der Waals surface area contributed by atoms with Crippen LogP contribution in [0, 0.1) is 0 Å². The molecule has 0 amide bonds. The van der Waals surface area contributed by atoms with E-state index in [1.807, 2.05) is 6.92 Å². The lowest BCUT2D eigenvalue weighted by molar-refractivity contribution is 0.102. The van der Waals surface area contributed by atoms with Gasteiger partial charge in [0.2, 0.25) is 0 Å². The van der Waals surface area contributed by atoms with Crippen LogP contribution in [0.4, 0.5) is 5.82 Å². The van der Waals surface area contributed by atoms with Crippen LogP contribution in [0.1, 0.15) is 67.2 Å². The summed E-state index contributed by atoms with van der Waals surface area (Å²) in [4.78, 5) is 37.6. The molecule has 0 aromatic carbocycles. The summed E-state index contributed by atoms with van der Waals surface area (Å²) in [5, 5.41) is 9.33. The molecule has 4 rings (SSSR count). The molecule has 28 heavy (non-hydrogen) atoms. The highest BCUT2D eigenvalue weighted by atomic mass is 32.2. The van der Waals surface area contributed by atoms with E-state index in [0.717, 1.165) is 41.2 Å². The fourth-order valence-corrected chi connectivity index (χ4v) is 4.25. The van der Waals surface area contributed by atoms with Gasteiger partial charge >= 0.3 is 5.69 Å².